The van der Waals surface area contributed by atoms with Crippen molar-refractivity contribution in [1.29, 1.82) is 0 Å². The predicted octanol–water partition coefficient (Wildman–Crippen LogP) is 1.91. The largest absolute Gasteiger partial charge is 0.354 e. The van der Waals surface area contributed by atoms with Gasteiger partial charge in [0, 0.05) is 18.5 Å². The molecule has 0 aliphatic rings. The summed E-state index contributed by atoms with van der Waals surface area (Å²) in [4.78, 5) is 12.0. The number of carbonyl (C=O) groups excluding carboxylic acids is 1. The van der Waals surface area contributed by atoms with Crippen molar-refractivity contribution < 1.29 is 4.79 Å². The molecule has 1 amide bonds. The van der Waals surface area contributed by atoms with E-state index in [1.54, 1.807) is 0 Å². The van der Waals surface area contributed by atoms with Gasteiger partial charge in [0.1, 0.15) is 0 Å². The smallest absolute Gasteiger partial charge is 0.225 e. The number of hydrogen-bond donors (Lipinski definition) is 2. The first-order chi connectivity index (χ1) is 6.96. The second-order valence-corrected chi connectivity index (χ2v) is 4.95. The van der Waals surface area contributed by atoms with Crippen LogP contribution in [0.4, 0.5) is 0 Å². The van der Waals surface area contributed by atoms with Gasteiger partial charge in [-0.15, -0.1) is 0 Å². The van der Waals surface area contributed by atoms with Gasteiger partial charge in [0.15, 0.2) is 0 Å². The molecule has 0 radical (unpaired) electrons. The molecule has 3 nitrogen and oxygen atoms in total. The first-order valence-corrected chi connectivity index (χ1v) is 5.94. The fraction of sp³-hybridized carbons (Fsp3) is 0.917. The summed E-state index contributed by atoms with van der Waals surface area (Å²) in [7, 11) is 0. The van der Waals surface area contributed by atoms with Gasteiger partial charge in [-0.05, 0) is 18.8 Å². The number of rotatable bonds is 7. The van der Waals surface area contributed by atoms with Crippen LogP contribution in [0.3, 0.4) is 0 Å². The van der Waals surface area contributed by atoms with Crippen molar-refractivity contribution >= 4 is 5.91 Å². The predicted molar refractivity (Wildman–Crippen MR) is 64.5 cm³/mol. The number of nitrogens with two attached hydrogens (primary N) is 1. The van der Waals surface area contributed by atoms with E-state index in [0.717, 1.165) is 19.3 Å². The van der Waals surface area contributed by atoms with Gasteiger partial charge in [-0.1, -0.05) is 34.1 Å². The summed E-state index contributed by atoms with van der Waals surface area (Å²) in [6.45, 7) is 9.58. The summed E-state index contributed by atoms with van der Waals surface area (Å²) in [6, 6.07) is 0. The van der Waals surface area contributed by atoms with E-state index in [2.05, 4.69) is 33.0 Å². The summed E-state index contributed by atoms with van der Waals surface area (Å²) < 4.78 is 0. The van der Waals surface area contributed by atoms with Crippen molar-refractivity contribution in [2.45, 2.75) is 47.0 Å². The Morgan fingerprint density at radius 3 is 2.47 bits per heavy atom. The Kier molecular flexibility index (Phi) is 6.57. The van der Waals surface area contributed by atoms with E-state index >= 15 is 0 Å². The molecule has 0 aliphatic carbocycles. The molecule has 1 unspecified atom stereocenters. The Labute approximate surface area is 93.8 Å². The zero-order valence-corrected chi connectivity index (χ0v) is 10.6. The van der Waals surface area contributed by atoms with Crippen molar-refractivity contribution in [2.24, 2.45) is 17.1 Å². The average molecular weight is 214 g/mol. The summed E-state index contributed by atoms with van der Waals surface area (Å²) >= 11 is 0. The zero-order valence-electron chi connectivity index (χ0n) is 10.6. The summed E-state index contributed by atoms with van der Waals surface area (Å²) in [5, 5.41) is 2.90. The molecule has 0 aromatic heterocycles. The highest BCUT2D eigenvalue weighted by atomic mass is 16.2. The maximum Gasteiger partial charge on any atom is 0.225 e. The maximum atomic E-state index is 12.0. The molecule has 15 heavy (non-hydrogen) atoms. The van der Waals surface area contributed by atoms with Crippen molar-refractivity contribution in [1.82, 2.24) is 5.32 Å². The van der Waals surface area contributed by atoms with Crippen molar-refractivity contribution in [3.8, 4) is 0 Å². The molecule has 0 aliphatic heterocycles. The highest BCUT2D eigenvalue weighted by Crippen LogP contribution is 2.31. The van der Waals surface area contributed by atoms with Gasteiger partial charge in [-0.2, -0.15) is 0 Å². The van der Waals surface area contributed by atoms with Crippen molar-refractivity contribution in [3.63, 3.8) is 0 Å². The second-order valence-electron chi connectivity index (χ2n) is 4.95. The molecule has 0 saturated carbocycles. The Morgan fingerprint density at radius 2 is 2.07 bits per heavy atom. The molecule has 3 heteroatoms. The molecule has 90 valence electrons. The monoisotopic (exact) mass is 214 g/mol. The molecule has 0 fully saturated rings. The molecule has 0 heterocycles. The number of nitrogens with one attached hydrogen (secondary N) is 1. The molecular formula is C12H26N2O. The summed E-state index contributed by atoms with van der Waals surface area (Å²) in [5.74, 6) is 0.702. The van der Waals surface area contributed by atoms with E-state index < -0.39 is 0 Å². The standard InChI is InChI=1S/C12H26N2O/c1-5-6-12(4,9-10(2)3)11(15)14-8-7-13/h10H,5-9,13H2,1-4H3,(H,14,15). The number of hydrogen-bond acceptors (Lipinski definition) is 2. The van der Waals surface area contributed by atoms with E-state index in [1.165, 1.54) is 0 Å². The van der Waals surface area contributed by atoms with Crippen LogP contribution in [0.2, 0.25) is 0 Å². The summed E-state index contributed by atoms with van der Waals surface area (Å²) in [5.41, 5.74) is 5.16. The quantitative estimate of drug-likeness (QED) is 0.680. The van der Waals surface area contributed by atoms with Crippen LogP contribution < -0.4 is 11.1 Å². The minimum Gasteiger partial charge on any atom is -0.354 e. The van der Waals surface area contributed by atoms with Gasteiger partial charge >= 0.3 is 0 Å². The van der Waals surface area contributed by atoms with Crippen LogP contribution in [0.1, 0.15) is 47.0 Å². The van der Waals surface area contributed by atoms with Crippen LogP contribution in [0.25, 0.3) is 0 Å². The van der Waals surface area contributed by atoms with Gasteiger partial charge in [0.2, 0.25) is 5.91 Å². The lowest BCUT2D eigenvalue weighted by atomic mass is 9.77. The molecular weight excluding hydrogens is 188 g/mol. The van der Waals surface area contributed by atoms with Gasteiger partial charge in [-0.3, -0.25) is 4.79 Å². The summed E-state index contributed by atoms with van der Waals surface area (Å²) in [6.07, 6.45) is 2.93. The van der Waals surface area contributed by atoms with Crippen LogP contribution in [-0.4, -0.2) is 19.0 Å². The lowest BCUT2D eigenvalue weighted by Crippen LogP contribution is -2.41. The van der Waals surface area contributed by atoms with Crippen molar-refractivity contribution in [3.05, 3.63) is 0 Å². The molecule has 0 bridgehead atoms. The minimum atomic E-state index is -0.224. The Hall–Kier alpha value is -0.570. The van der Waals surface area contributed by atoms with Crippen molar-refractivity contribution in [2.75, 3.05) is 13.1 Å². The highest BCUT2D eigenvalue weighted by Gasteiger charge is 2.32. The van der Waals surface area contributed by atoms with E-state index in [0.29, 0.717) is 19.0 Å². The van der Waals surface area contributed by atoms with E-state index in [4.69, 9.17) is 5.73 Å². The zero-order chi connectivity index (χ0) is 11.9. The third kappa shape index (κ3) is 5.17. The lowest BCUT2D eigenvalue weighted by Gasteiger charge is -2.29. The topological polar surface area (TPSA) is 55.1 Å². The molecule has 3 N–H and O–H groups in total. The Bertz CT molecular complexity index is 192. The van der Waals surface area contributed by atoms with Crippen LogP contribution in [-0.2, 0) is 4.79 Å². The fourth-order valence-corrected chi connectivity index (χ4v) is 2.16. The van der Waals surface area contributed by atoms with Gasteiger partial charge < -0.3 is 11.1 Å². The van der Waals surface area contributed by atoms with E-state index in [-0.39, 0.29) is 11.3 Å². The van der Waals surface area contributed by atoms with E-state index in [9.17, 15) is 4.79 Å². The first kappa shape index (κ1) is 14.4. The molecule has 0 saturated heterocycles. The minimum absolute atomic E-state index is 0.156. The highest BCUT2D eigenvalue weighted by molar-refractivity contribution is 5.82. The SMILES string of the molecule is CCCC(C)(CC(C)C)C(=O)NCCN. The maximum absolute atomic E-state index is 12.0. The Balaban J connectivity index is 4.39. The van der Waals surface area contributed by atoms with Gasteiger partial charge in [0.05, 0.1) is 0 Å². The third-order valence-corrected chi connectivity index (χ3v) is 2.64. The van der Waals surface area contributed by atoms with Gasteiger partial charge in [-0.25, -0.2) is 0 Å². The van der Waals surface area contributed by atoms with Crippen LogP contribution in [0.5, 0.6) is 0 Å². The molecule has 0 rings (SSSR count). The molecule has 0 aromatic rings. The molecule has 0 spiro atoms. The van der Waals surface area contributed by atoms with Crippen LogP contribution >= 0.6 is 0 Å². The van der Waals surface area contributed by atoms with Crippen LogP contribution in [0, 0.1) is 11.3 Å². The average Bonchev–Trinajstić information content (AvgIpc) is 2.13. The van der Waals surface area contributed by atoms with Gasteiger partial charge in [0.25, 0.3) is 0 Å². The Morgan fingerprint density at radius 1 is 1.47 bits per heavy atom. The molecule has 0 aromatic carbocycles. The first-order valence-electron chi connectivity index (χ1n) is 5.94. The second kappa shape index (κ2) is 6.83. The lowest BCUT2D eigenvalue weighted by molar-refractivity contribution is -0.131. The van der Waals surface area contributed by atoms with Crippen LogP contribution in [0.15, 0.2) is 0 Å². The van der Waals surface area contributed by atoms with E-state index in [1.807, 2.05) is 0 Å². The fourth-order valence-electron chi connectivity index (χ4n) is 2.16. The third-order valence-electron chi connectivity index (χ3n) is 2.64. The molecule has 1 atom stereocenters. The number of amides is 1. The normalized spacial score (nSPS) is 15.1. The number of carbonyl (C=O) groups is 1.